The molecule has 0 spiro atoms. The average Bonchev–Trinajstić information content (AvgIpc) is 2.58. The summed E-state index contributed by atoms with van der Waals surface area (Å²) in [5, 5.41) is 0.344. The average molecular weight is 183 g/mol. The van der Waals surface area contributed by atoms with Crippen LogP contribution < -0.4 is 0 Å². The van der Waals surface area contributed by atoms with Crippen LogP contribution in [0.3, 0.4) is 0 Å². The van der Waals surface area contributed by atoms with Gasteiger partial charge in [0.15, 0.2) is 0 Å². The largest absolute Gasteiger partial charge is 0.226 e. The zero-order valence-electron chi connectivity index (χ0n) is 6.83. The number of halogens is 1. The minimum atomic E-state index is 0.344. The molecular weight excluding hydrogens is 172 g/mol. The topological polar surface area (TPSA) is 25.8 Å². The van der Waals surface area contributed by atoms with Gasteiger partial charge < -0.3 is 0 Å². The molecule has 0 aromatic carbocycles. The first kappa shape index (κ1) is 7.99. The lowest BCUT2D eigenvalue weighted by Crippen LogP contribution is -1.94. The lowest BCUT2D eigenvalue weighted by molar-refractivity contribution is 0.714. The summed E-state index contributed by atoms with van der Waals surface area (Å²) in [7, 11) is 0. The van der Waals surface area contributed by atoms with Gasteiger partial charge in [-0.05, 0) is 35.9 Å². The van der Waals surface area contributed by atoms with Crippen molar-refractivity contribution in [2.24, 2.45) is 0 Å². The van der Waals surface area contributed by atoms with Gasteiger partial charge in [0.05, 0.1) is 0 Å². The predicted octanol–water partition coefficient (Wildman–Crippen LogP) is 2.79. The third kappa shape index (κ3) is 1.58. The summed E-state index contributed by atoms with van der Waals surface area (Å²) in [5.74, 6) is 0.683. The molecule has 3 heteroatoms. The maximum atomic E-state index is 5.60. The molecule has 0 N–H and O–H groups in total. The van der Waals surface area contributed by atoms with Crippen molar-refractivity contribution in [3.05, 3.63) is 23.2 Å². The Kier molecular flexibility index (Phi) is 2.26. The zero-order chi connectivity index (χ0) is 8.39. The standard InChI is InChI=1S/C9H11ClN2/c10-9-11-5-8(6-12-9)7-3-1-2-4-7/h5-7H,1-4H2. The Morgan fingerprint density at radius 1 is 1.17 bits per heavy atom. The Labute approximate surface area is 77.0 Å². The molecule has 1 aliphatic carbocycles. The van der Waals surface area contributed by atoms with Crippen molar-refractivity contribution < 1.29 is 0 Å². The molecule has 2 rings (SSSR count). The minimum Gasteiger partial charge on any atom is -0.226 e. The summed E-state index contributed by atoms with van der Waals surface area (Å²) < 4.78 is 0. The number of hydrogen-bond donors (Lipinski definition) is 0. The summed E-state index contributed by atoms with van der Waals surface area (Å²) in [4.78, 5) is 7.96. The molecule has 0 amide bonds. The molecular formula is C9H11ClN2. The number of nitrogens with zero attached hydrogens (tertiary/aromatic N) is 2. The quantitative estimate of drug-likeness (QED) is 0.625. The summed E-state index contributed by atoms with van der Waals surface area (Å²) in [6.07, 6.45) is 8.95. The Morgan fingerprint density at radius 2 is 1.75 bits per heavy atom. The molecule has 1 saturated carbocycles. The third-order valence-electron chi connectivity index (χ3n) is 2.47. The molecule has 64 valence electrons. The molecule has 0 aliphatic heterocycles. The van der Waals surface area contributed by atoms with E-state index in [-0.39, 0.29) is 0 Å². The smallest absolute Gasteiger partial charge is 0.222 e. The molecule has 0 unspecified atom stereocenters. The van der Waals surface area contributed by atoms with Crippen LogP contribution in [-0.2, 0) is 0 Å². The number of hydrogen-bond acceptors (Lipinski definition) is 2. The predicted molar refractivity (Wildman–Crippen MR) is 48.3 cm³/mol. The number of aromatic nitrogens is 2. The van der Waals surface area contributed by atoms with Crippen molar-refractivity contribution in [2.75, 3.05) is 0 Å². The highest BCUT2D eigenvalue weighted by Gasteiger charge is 2.17. The first-order chi connectivity index (χ1) is 5.86. The van der Waals surface area contributed by atoms with Gasteiger partial charge >= 0.3 is 0 Å². The van der Waals surface area contributed by atoms with Gasteiger partial charge in [0.2, 0.25) is 5.28 Å². The molecule has 0 radical (unpaired) electrons. The van der Waals surface area contributed by atoms with E-state index in [4.69, 9.17) is 11.6 Å². The summed E-state index contributed by atoms with van der Waals surface area (Å²) in [6, 6.07) is 0. The molecule has 1 aromatic rings. The van der Waals surface area contributed by atoms with E-state index >= 15 is 0 Å². The highest BCUT2D eigenvalue weighted by molar-refractivity contribution is 6.28. The van der Waals surface area contributed by atoms with Crippen LogP contribution in [0, 0.1) is 0 Å². The second-order valence-corrected chi connectivity index (χ2v) is 3.60. The molecule has 0 atom stereocenters. The van der Waals surface area contributed by atoms with Crippen LogP contribution in [0.15, 0.2) is 12.4 Å². The molecule has 0 bridgehead atoms. The maximum Gasteiger partial charge on any atom is 0.222 e. The van der Waals surface area contributed by atoms with Crippen LogP contribution in [0.5, 0.6) is 0 Å². The normalized spacial score (nSPS) is 18.4. The SMILES string of the molecule is Clc1ncc(C2CCCC2)cn1. The van der Waals surface area contributed by atoms with Gasteiger partial charge in [-0.1, -0.05) is 12.8 Å². The van der Waals surface area contributed by atoms with Gasteiger partial charge in [0, 0.05) is 12.4 Å². The van der Waals surface area contributed by atoms with Crippen LogP contribution >= 0.6 is 11.6 Å². The Bertz CT molecular complexity index is 252. The second kappa shape index (κ2) is 3.40. The molecule has 12 heavy (non-hydrogen) atoms. The fourth-order valence-electron chi connectivity index (χ4n) is 1.79. The van der Waals surface area contributed by atoms with Gasteiger partial charge in [0.25, 0.3) is 0 Å². The van der Waals surface area contributed by atoms with E-state index in [2.05, 4.69) is 9.97 Å². The Hall–Kier alpha value is -0.630. The molecule has 0 saturated heterocycles. The van der Waals surface area contributed by atoms with E-state index in [0.29, 0.717) is 11.2 Å². The highest BCUT2D eigenvalue weighted by atomic mass is 35.5. The lowest BCUT2D eigenvalue weighted by Gasteiger charge is -2.06. The van der Waals surface area contributed by atoms with E-state index in [1.165, 1.54) is 31.2 Å². The van der Waals surface area contributed by atoms with Gasteiger partial charge in [-0.2, -0.15) is 0 Å². The van der Waals surface area contributed by atoms with Gasteiger partial charge in [-0.3, -0.25) is 0 Å². The van der Waals surface area contributed by atoms with Crippen LogP contribution in [0.1, 0.15) is 37.2 Å². The number of rotatable bonds is 1. The van der Waals surface area contributed by atoms with Crippen molar-refractivity contribution in [1.82, 2.24) is 9.97 Å². The van der Waals surface area contributed by atoms with E-state index in [9.17, 15) is 0 Å². The van der Waals surface area contributed by atoms with Crippen molar-refractivity contribution in [3.8, 4) is 0 Å². The molecule has 1 aromatic heterocycles. The monoisotopic (exact) mass is 182 g/mol. The van der Waals surface area contributed by atoms with Crippen molar-refractivity contribution in [1.29, 1.82) is 0 Å². The lowest BCUT2D eigenvalue weighted by atomic mass is 10.0. The minimum absolute atomic E-state index is 0.344. The maximum absolute atomic E-state index is 5.60. The fraction of sp³-hybridized carbons (Fsp3) is 0.556. The van der Waals surface area contributed by atoms with E-state index in [1.807, 2.05) is 12.4 Å². The molecule has 1 heterocycles. The van der Waals surface area contributed by atoms with Crippen LogP contribution in [-0.4, -0.2) is 9.97 Å². The van der Waals surface area contributed by atoms with Gasteiger partial charge in [-0.15, -0.1) is 0 Å². The van der Waals surface area contributed by atoms with E-state index in [0.717, 1.165) is 0 Å². The highest BCUT2D eigenvalue weighted by Crippen LogP contribution is 2.33. The fourth-order valence-corrected chi connectivity index (χ4v) is 1.89. The summed E-state index contributed by atoms with van der Waals surface area (Å²) in [5.41, 5.74) is 1.25. The van der Waals surface area contributed by atoms with Gasteiger partial charge in [0.1, 0.15) is 0 Å². The zero-order valence-corrected chi connectivity index (χ0v) is 7.59. The molecule has 1 aliphatic rings. The van der Waals surface area contributed by atoms with Crippen molar-refractivity contribution in [2.45, 2.75) is 31.6 Å². The summed E-state index contributed by atoms with van der Waals surface area (Å²) >= 11 is 5.60. The summed E-state index contributed by atoms with van der Waals surface area (Å²) in [6.45, 7) is 0. The second-order valence-electron chi connectivity index (χ2n) is 3.27. The van der Waals surface area contributed by atoms with Crippen LogP contribution in [0.2, 0.25) is 5.28 Å². The first-order valence-electron chi connectivity index (χ1n) is 4.34. The van der Waals surface area contributed by atoms with E-state index in [1.54, 1.807) is 0 Å². The van der Waals surface area contributed by atoms with Crippen LogP contribution in [0.4, 0.5) is 0 Å². The molecule has 1 fully saturated rings. The van der Waals surface area contributed by atoms with Crippen molar-refractivity contribution in [3.63, 3.8) is 0 Å². The Balaban J connectivity index is 2.17. The first-order valence-corrected chi connectivity index (χ1v) is 4.71. The van der Waals surface area contributed by atoms with Crippen molar-refractivity contribution >= 4 is 11.6 Å². The molecule has 2 nitrogen and oxygen atoms in total. The van der Waals surface area contributed by atoms with E-state index < -0.39 is 0 Å². The third-order valence-corrected chi connectivity index (χ3v) is 2.66. The van der Waals surface area contributed by atoms with Crippen LogP contribution in [0.25, 0.3) is 0 Å². The Morgan fingerprint density at radius 3 is 2.33 bits per heavy atom. The van der Waals surface area contributed by atoms with Gasteiger partial charge in [-0.25, -0.2) is 9.97 Å².